The first kappa shape index (κ1) is 15.0. The minimum atomic E-state index is -0.610. The fourth-order valence-electron chi connectivity index (χ4n) is 2.67. The van der Waals surface area contributed by atoms with Crippen molar-refractivity contribution in [1.29, 1.82) is 0 Å². The highest BCUT2D eigenvalue weighted by Crippen LogP contribution is 2.34. The van der Waals surface area contributed by atoms with Crippen LogP contribution in [-0.4, -0.2) is 27.7 Å². The summed E-state index contributed by atoms with van der Waals surface area (Å²) in [7, 11) is 1.29. The van der Waals surface area contributed by atoms with Crippen molar-refractivity contribution in [3.8, 4) is 5.75 Å². The van der Waals surface area contributed by atoms with Gasteiger partial charge in [-0.15, -0.1) is 5.10 Å². The smallest absolute Gasteiger partial charge is 0.360 e. The van der Waals surface area contributed by atoms with Gasteiger partial charge in [0.05, 0.1) is 18.8 Å². The number of nitrogen functional groups attached to an aromatic ring is 1. The van der Waals surface area contributed by atoms with Gasteiger partial charge in [0.2, 0.25) is 11.6 Å². The SMILES string of the molecule is COC(=O)c1c(OCc2ccccc2)c2ccoc2c2nc(N)nn12. The summed E-state index contributed by atoms with van der Waals surface area (Å²) in [4.78, 5) is 16.5. The molecule has 4 rings (SSSR count). The standard InChI is InChI=1S/C17H14N4O4/c1-23-16(22)12-13(25-9-10-5-3-2-4-6-10)11-7-8-24-14(11)15-19-17(18)20-21(12)15/h2-8H,9H2,1H3,(H2,18,20). The molecule has 0 amide bonds. The number of benzene rings is 1. The second-order valence-corrected chi connectivity index (χ2v) is 5.31. The fraction of sp³-hybridized carbons (Fsp3) is 0.118. The Morgan fingerprint density at radius 1 is 1.28 bits per heavy atom. The molecule has 0 aliphatic carbocycles. The molecule has 8 nitrogen and oxygen atoms in total. The molecule has 0 bridgehead atoms. The Morgan fingerprint density at radius 2 is 2.08 bits per heavy atom. The van der Waals surface area contributed by atoms with E-state index >= 15 is 0 Å². The summed E-state index contributed by atoms with van der Waals surface area (Å²) >= 11 is 0. The van der Waals surface area contributed by atoms with Gasteiger partial charge in [0, 0.05) is 0 Å². The van der Waals surface area contributed by atoms with Crippen molar-refractivity contribution in [3.63, 3.8) is 0 Å². The van der Waals surface area contributed by atoms with Crippen molar-refractivity contribution in [2.75, 3.05) is 12.8 Å². The first-order chi connectivity index (χ1) is 12.2. The Morgan fingerprint density at radius 3 is 2.84 bits per heavy atom. The van der Waals surface area contributed by atoms with E-state index in [0.29, 0.717) is 22.4 Å². The monoisotopic (exact) mass is 338 g/mol. The molecule has 0 atom stereocenters. The number of rotatable bonds is 4. The fourth-order valence-corrected chi connectivity index (χ4v) is 2.67. The summed E-state index contributed by atoms with van der Waals surface area (Å²) in [5.41, 5.74) is 7.51. The number of fused-ring (bicyclic) bond motifs is 3. The lowest BCUT2D eigenvalue weighted by molar-refractivity contribution is 0.0585. The molecule has 3 aromatic heterocycles. The van der Waals surface area contributed by atoms with Crippen LogP contribution in [-0.2, 0) is 11.3 Å². The van der Waals surface area contributed by atoms with Crippen LogP contribution in [0, 0.1) is 0 Å². The maximum absolute atomic E-state index is 12.4. The van der Waals surface area contributed by atoms with Gasteiger partial charge in [-0.3, -0.25) is 0 Å². The number of furan rings is 1. The second-order valence-electron chi connectivity index (χ2n) is 5.31. The minimum Gasteiger partial charge on any atom is -0.486 e. The van der Waals surface area contributed by atoms with Crippen LogP contribution >= 0.6 is 0 Å². The molecule has 0 unspecified atom stereocenters. The summed E-state index contributed by atoms with van der Waals surface area (Å²) < 4.78 is 17.6. The van der Waals surface area contributed by atoms with Crippen molar-refractivity contribution in [3.05, 3.63) is 53.9 Å². The molecule has 0 spiro atoms. The maximum Gasteiger partial charge on any atom is 0.360 e. The van der Waals surface area contributed by atoms with Crippen LogP contribution in [0.2, 0.25) is 0 Å². The number of nitrogens with two attached hydrogens (primary N) is 1. The summed E-state index contributed by atoms with van der Waals surface area (Å²) in [6.45, 7) is 0.265. The van der Waals surface area contributed by atoms with Gasteiger partial charge in [-0.1, -0.05) is 30.3 Å². The van der Waals surface area contributed by atoms with Crippen LogP contribution in [0.1, 0.15) is 16.1 Å². The zero-order chi connectivity index (χ0) is 17.4. The van der Waals surface area contributed by atoms with Crippen LogP contribution in [0.5, 0.6) is 5.75 Å². The Balaban J connectivity index is 1.93. The van der Waals surface area contributed by atoms with Crippen molar-refractivity contribution < 1.29 is 18.7 Å². The van der Waals surface area contributed by atoms with Gasteiger partial charge in [-0.2, -0.15) is 9.50 Å². The molecule has 0 radical (unpaired) electrons. The Kier molecular flexibility index (Phi) is 3.50. The zero-order valence-corrected chi connectivity index (χ0v) is 13.3. The van der Waals surface area contributed by atoms with E-state index in [1.165, 1.54) is 17.9 Å². The highest BCUT2D eigenvalue weighted by Gasteiger charge is 2.26. The van der Waals surface area contributed by atoms with E-state index in [1.54, 1.807) is 6.07 Å². The third-order valence-electron chi connectivity index (χ3n) is 3.77. The van der Waals surface area contributed by atoms with E-state index in [9.17, 15) is 4.79 Å². The van der Waals surface area contributed by atoms with Gasteiger partial charge in [-0.25, -0.2) is 4.79 Å². The highest BCUT2D eigenvalue weighted by molar-refractivity contribution is 6.03. The number of nitrogens with zero attached hydrogens (tertiary/aromatic N) is 3. The minimum absolute atomic E-state index is 0.0167. The van der Waals surface area contributed by atoms with E-state index in [1.807, 2.05) is 30.3 Å². The average molecular weight is 338 g/mol. The summed E-state index contributed by atoms with van der Waals surface area (Å²) in [6, 6.07) is 11.3. The molecule has 2 N–H and O–H groups in total. The number of carbonyl (C=O) groups excluding carboxylic acids is 1. The van der Waals surface area contributed by atoms with Crippen LogP contribution in [0.25, 0.3) is 16.6 Å². The van der Waals surface area contributed by atoms with Crippen molar-refractivity contribution in [2.24, 2.45) is 0 Å². The lowest BCUT2D eigenvalue weighted by Gasteiger charge is -2.12. The first-order valence-corrected chi connectivity index (χ1v) is 7.49. The lowest BCUT2D eigenvalue weighted by Crippen LogP contribution is -2.13. The number of pyridine rings is 1. The van der Waals surface area contributed by atoms with E-state index in [4.69, 9.17) is 19.6 Å². The molecule has 25 heavy (non-hydrogen) atoms. The molecular formula is C17H14N4O4. The first-order valence-electron chi connectivity index (χ1n) is 7.49. The molecule has 8 heteroatoms. The predicted octanol–water partition coefficient (Wildman–Crippen LogP) is 2.42. The van der Waals surface area contributed by atoms with Crippen LogP contribution in [0.15, 0.2) is 47.1 Å². The van der Waals surface area contributed by atoms with Crippen LogP contribution in [0.3, 0.4) is 0 Å². The molecule has 0 saturated heterocycles. The van der Waals surface area contributed by atoms with Crippen LogP contribution in [0.4, 0.5) is 5.95 Å². The Labute approximate surface area is 141 Å². The van der Waals surface area contributed by atoms with Gasteiger partial charge in [-0.05, 0) is 11.6 Å². The maximum atomic E-state index is 12.4. The van der Waals surface area contributed by atoms with Gasteiger partial charge in [0.25, 0.3) is 0 Å². The number of anilines is 1. The van der Waals surface area contributed by atoms with Crippen LogP contribution < -0.4 is 10.5 Å². The Hall–Kier alpha value is -3.55. The molecule has 0 fully saturated rings. The molecule has 4 aromatic rings. The molecule has 0 aliphatic heterocycles. The van der Waals surface area contributed by atoms with E-state index < -0.39 is 5.97 Å². The summed E-state index contributed by atoms with van der Waals surface area (Å²) in [6.07, 6.45) is 1.49. The van der Waals surface area contributed by atoms with Crippen molar-refractivity contribution in [2.45, 2.75) is 6.61 Å². The highest BCUT2D eigenvalue weighted by atomic mass is 16.5. The number of esters is 1. The van der Waals surface area contributed by atoms with Crippen molar-refractivity contribution in [1.82, 2.24) is 14.6 Å². The molecule has 0 aliphatic rings. The third kappa shape index (κ3) is 2.44. The number of aromatic nitrogens is 3. The number of carbonyl (C=O) groups is 1. The van der Waals surface area contributed by atoms with Gasteiger partial charge in [0.1, 0.15) is 6.61 Å². The average Bonchev–Trinajstić information content (AvgIpc) is 3.25. The van der Waals surface area contributed by atoms with E-state index in [-0.39, 0.29) is 18.2 Å². The topological polar surface area (TPSA) is 105 Å². The normalized spacial score (nSPS) is 11.1. The molecule has 1 aromatic carbocycles. The van der Waals surface area contributed by atoms with Gasteiger partial charge < -0.3 is 19.6 Å². The third-order valence-corrected chi connectivity index (χ3v) is 3.77. The van der Waals surface area contributed by atoms with Gasteiger partial charge in [0.15, 0.2) is 17.0 Å². The molecule has 0 saturated carbocycles. The number of ether oxygens (including phenoxy) is 2. The quantitative estimate of drug-likeness (QED) is 0.570. The molecule has 126 valence electrons. The number of hydrogen-bond acceptors (Lipinski definition) is 7. The molecule has 3 heterocycles. The Bertz CT molecular complexity index is 1070. The predicted molar refractivity (Wildman–Crippen MR) is 89.3 cm³/mol. The van der Waals surface area contributed by atoms with E-state index in [2.05, 4.69) is 10.1 Å². The lowest BCUT2D eigenvalue weighted by atomic mass is 10.2. The van der Waals surface area contributed by atoms with E-state index in [0.717, 1.165) is 5.56 Å². The van der Waals surface area contributed by atoms with Gasteiger partial charge >= 0.3 is 5.97 Å². The second kappa shape index (κ2) is 5.82. The molecular weight excluding hydrogens is 324 g/mol. The summed E-state index contributed by atoms with van der Waals surface area (Å²) in [5, 5.41) is 4.66. The zero-order valence-electron chi connectivity index (χ0n) is 13.3. The number of methoxy groups -OCH3 is 1. The largest absolute Gasteiger partial charge is 0.486 e. The summed E-state index contributed by atoms with van der Waals surface area (Å²) in [5.74, 6) is -0.291. The van der Waals surface area contributed by atoms with Crippen molar-refractivity contribution >= 4 is 28.5 Å². The number of hydrogen-bond donors (Lipinski definition) is 1.